The van der Waals surface area contributed by atoms with Gasteiger partial charge in [-0.1, -0.05) is 54.1 Å². The first-order valence-electron chi connectivity index (χ1n) is 11.6. The molecule has 2 heterocycles. The van der Waals surface area contributed by atoms with Crippen LogP contribution < -0.4 is 5.32 Å². The standard InChI is InChI=1S/C28H25ClN4O2/c29-23-13-11-21(12-14-23)28-22(19-33(31-28)25-8-2-1-3-9-25)17-26(34)30-24-7-4-6-20(16-24)18-32-15-5-10-27(32)35/h1-4,6-9,11-14,16,19H,5,10,15,17-18H2,(H,30,34). The number of rotatable bonds is 7. The lowest BCUT2D eigenvalue weighted by atomic mass is 10.1. The zero-order valence-corrected chi connectivity index (χ0v) is 19.9. The number of anilines is 1. The molecule has 0 atom stereocenters. The van der Waals surface area contributed by atoms with Crippen molar-refractivity contribution >= 4 is 29.1 Å². The van der Waals surface area contributed by atoms with E-state index in [1.807, 2.05) is 90.0 Å². The molecule has 1 aromatic heterocycles. The number of aromatic nitrogens is 2. The number of halogens is 1. The Balaban J connectivity index is 1.36. The van der Waals surface area contributed by atoms with Crippen molar-refractivity contribution in [2.24, 2.45) is 0 Å². The second kappa shape index (κ2) is 10.2. The summed E-state index contributed by atoms with van der Waals surface area (Å²) in [5.74, 6) is 0.0480. The smallest absolute Gasteiger partial charge is 0.228 e. The van der Waals surface area contributed by atoms with Crippen LogP contribution in [0.5, 0.6) is 0 Å². The second-order valence-corrected chi connectivity index (χ2v) is 9.07. The number of benzene rings is 3. The summed E-state index contributed by atoms with van der Waals surface area (Å²) in [6, 6.07) is 24.9. The second-order valence-electron chi connectivity index (χ2n) is 8.63. The molecule has 1 fully saturated rings. The Labute approximate surface area is 209 Å². The summed E-state index contributed by atoms with van der Waals surface area (Å²) >= 11 is 6.08. The Morgan fingerprint density at radius 1 is 1.00 bits per heavy atom. The Hall–Kier alpha value is -3.90. The first-order valence-corrected chi connectivity index (χ1v) is 12.0. The van der Waals surface area contributed by atoms with Crippen molar-refractivity contribution in [1.82, 2.24) is 14.7 Å². The van der Waals surface area contributed by atoms with Crippen LogP contribution >= 0.6 is 11.6 Å². The van der Waals surface area contributed by atoms with E-state index in [2.05, 4.69) is 5.32 Å². The zero-order valence-electron chi connectivity index (χ0n) is 19.2. The minimum atomic E-state index is -0.137. The lowest BCUT2D eigenvalue weighted by Crippen LogP contribution is -2.23. The molecule has 0 spiro atoms. The van der Waals surface area contributed by atoms with Crippen LogP contribution in [0, 0.1) is 0 Å². The fourth-order valence-electron chi connectivity index (χ4n) is 4.32. The summed E-state index contributed by atoms with van der Waals surface area (Å²) < 4.78 is 1.79. The van der Waals surface area contributed by atoms with Crippen molar-refractivity contribution in [2.75, 3.05) is 11.9 Å². The molecule has 0 unspecified atom stereocenters. The van der Waals surface area contributed by atoms with Gasteiger partial charge in [-0.2, -0.15) is 5.10 Å². The number of hydrogen-bond donors (Lipinski definition) is 1. The third-order valence-corrected chi connectivity index (χ3v) is 6.29. The maximum atomic E-state index is 13.0. The van der Waals surface area contributed by atoms with Gasteiger partial charge >= 0.3 is 0 Å². The quantitative estimate of drug-likeness (QED) is 0.377. The first kappa shape index (κ1) is 22.9. The number of carbonyl (C=O) groups excluding carboxylic acids is 2. The monoisotopic (exact) mass is 484 g/mol. The summed E-state index contributed by atoms with van der Waals surface area (Å²) in [7, 11) is 0. The normalized spacial score (nSPS) is 13.3. The maximum absolute atomic E-state index is 13.0. The van der Waals surface area contributed by atoms with Gasteiger partial charge in [-0.3, -0.25) is 9.59 Å². The third-order valence-electron chi connectivity index (χ3n) is 6.03. The van der Waals surface area contributed by atoms with Gasteiger partial charge in [-0.25, -0.2) is 4.68 Å². The fraction of sp³-hybridized carbons (Fsp3) is 0.179. The van der Waals surface area contributed by atoms with E-state index in [9.17, 15) is 9.59 Å². The SMILES string of the molecule is O=C(Cc1cn(-c2ccccc2)nc1-c1ccc(Cl)cc1)Nc1cccc(CN2CCCC2=O)c1. The Morgan fingerprint density at radius 3 is 2.54 bits per heavy atom. The highest BCUT2D eigenvalue weighted by Gasteiger charge is 2.20. The van der Waals surface area contributed by atoms with E-state index in [1.165, 1.54) is 0 Å². The van der Waals surface area contributed by atoms with Gasteiger partial charge in [0.15, 0.2) is 0 Å². The average Bonchev–Trinajstić information content (AvgIpc) is 3.46. The van der Waals surface area contributed by atoms with Crippen LogP contribution in [0.1, 0.15) is 24.0 Å². The van der Waals surface area contributed by atoms with Crippen molar-refractivity contribution in [2.45, 2.75) is 25.8 Å². The highest BCUT2D eigenvalue weighted by atomic mass is 35.5. The largest absolute Gasteiger partial charge is 0.338 e. The lowest BCUT2D eigenvalue weighted by Gasteiger charge is -2.16. The van der Waals surface area contributed by atoms with Gasteiger partial charge in [-0.05, 0) is 48.4 Å². The highest BCUT2D eigenvalue weighted by Crippen LogP contribution is 2.26. The van der Waals surface area contributed by atoms with E-state index in [0.29, 0.717) is 23.7 Å². The van der Waals surface area contributed by atoms with Crippen molar-refractivity contribution in [3.8, 4) is 16.9 Å². The molecule has 2 amide bonds. The molecule has 1 aliphatic rings. The van der Waals surface area contributed by atoms with E-state index in [4.69, 9.17) is 16.7 Å². The van der Waals surface area contributed by atoms with Crippen LogP contribution in [0.25, 0.3) is 16.9 Å². The van der Waals surface area contributed by atoms with Gasteiger partial charge < -0.3 is 10.2 Å². The number of nitrogens with zero attached hydrogens (tertiary/aromatic N) is 3. The van der Waals surface area contributed by atoms with Crippen molar-refractivity contribution in [3.63, 3.8) is 0 Å². The van der Waals surface area contributed by atoms with E-state index < -0.39 is 0 Å². The molecule has 7 heteroatoms. The number of nitrogens with one attached hydrogen (secondary N) is 1. The van der Waals surface area contributed by atoms with Crippen molar-refractivity contribution in [1.29, 1.82) is 0 Å². The molecule has 176 valence electrons. The van der Waals surface area contributed by atoms with Gasteiger partial charge in [0.2, 0.25) is 11.8 Å². The Bertz CT molecular complexity index is 1350. The first-order chi connectivity index (χ1) is 17.0. The van der Waals surface area contributed by atoms with E-state index >= 15 is 0 Å². The van der Waals surface area contributed by atoms with Gasteiger partial charge in [0, 0.05) is 47.5 Å². The van der Waals surface area contributed by atoms with Gasteiger partial charge in [0.1, 0.15) is 0 Å². The summed E-state index contributed by atoms with van der Waals surface area (Å²) in [5.41, 5.74) is 5.07. The molecule has 3 aromatic carbocycles. The topological polar surface area (TPSA) is 67.2 Å². The number of para-hydroxylation sites is 1. The summed E-state index contributed by atoms with van der Waals surface area (Å²) in [5, 5.41) is 8.42. The van der Waals surface area contributed by atoms with Crippen LogP contribution in [-0.2, 0) is 22.6 Å². The van der Waals surface area contributed by atoms with Crippen LogP contribution in [0.3, 0.4) is 0 Å². The minimum Gasteiger partial charge on any atom is -0.338 e. The van der Waals surface area contributed by atoms with Crippen molar-refractivity contribution in [3.05, 3.63) is 101 Å². The maximum Gasteiger partial charge on any atom is 0.228 e. The predicted octanol–water partition coefficient (Wildman–Crippen LogP) is 5.50. The van der Waals surface area contributed by atoms with Crippen LogP contribution in [0.15, 0.2) is 85.1 Å². The van der Waals surface area contributed by atoms with Gasteiger partial charge in [-0.15, -0.1) is 0 Å². The molecular formula is C28H25ClN4O2. The van der Waals surface area contributed by atoms with Gasteiger partial charge in [0.25, 0.3) is 0 Å². The fourth-order valence-corrected chi connectivity index (χ4v) is 4.45. The molecule has 1 aliphatic heterocycles. The van der Waals surface area contributed by atoms with E-state index in [1.54, 1.807) is 4.68 Å². The molecule has 6 nitrogen and oxygen atoms in total. The predicted molar refractivity (Wildman–Crippen MR) is 137 cm³/mol. The molecule has 0 aliphatic carbocycles. The average molecular weight is 485 g/mol. The van der Waals surface area contributed by atoms with Crippen molar-refractivity contribution < 1.29 is 9.59 Å². The molecule has 0 radical (unpaired) electrons. The molecular weight excluding hydrogens is 460 g/mol. The Kier molecular flexibility index (Phi) is 6.64. The molecule has 5 rings (SSSR count). The number of likely N-dealkylation sites (tertiary alicyclic amines) is 1. The van der Waals surface area contributed by atoms with Crippen LogP contribution in [-0.4, -0.2) is 33.0 Å². The lowest BCUT2D eigenvalue weighted by molar-refractivity contribution is -0.128. The number of hydrogen-bond acceptors (Lipinski definition) is 3. The van der Waals surface area contributed by atoms with Crippen LogP contribution in [0.2, 0.25) is 5.02 Å². The molecule has 0 saturated carbocycles. The summed E-state index contributed by atoms with van der Waals surface area (Å²) in [6.07, 6.45) is 3.58. The van der Waals surface area contributed by atoms with Crippen LogP contribution in [0.4, 0.5) is 5.69 Å². The van der Waals surface area contributed by atoms with E-state index in [-0.39, 0.29) is 18.2 Å². The summed E-state index contributed by atoms with van der Waals surface area (Å²) in [6.45, 7) is 1.35. The molecule has 35 heavy (non-hydrogen) atoms. The zero-order chi connectivity index (χ0) is 24.2. The molecule has 4 aromatic rings. The molecule has 1 saturated heterocycles. The number of amides is 2. The highest BCUT2D eigenvalue weighted by molar-refractivity contribution is 6.30. The minimum absolute atomic E-state index is 0.137. The molecule has 0 bridgehead atoms. The third kappa shape index (κ3) is 5.44. The Morgan fingerprint density at radius 2 is 1.80 bits per heavy atom. The summed E-state index contributed by atoms with van der Waals surface area (Å²) in [4.78, 5) is 26.9. The van der Waals surface area contributed by atoms with Gasteiger partial charge in [0.05, 0.1) is 17.8 Å². The number of carbonyl (C=O) groups is 2. The van der Waals surface area contributed by atoms with E-state index in [0.717, 1.165) is 41.0 Å². The molecule has 1 N–H and O–H groups in total.